The Bertz CT molecular complexity index is 2310. The highest BCUT2D eigenvalue weighted by molar-refractivity contribution is 6.48. The van der Waals surface area contributed by atoms with E-state index in [0.717, 1.165) is 40.9 Å². The van der Waals surface area contributed by atoms with E-state index in [-0.39, 0.29) is 49.5 Å². The summed E-state index contributed by atoms with van der Waals surface area (Å²) in [5, 5.41) is 1.90. The van der Waals surface area contributed by atoms with Crippen molar-refractivity contribution in [2.75, 3.05) is 65.4 Å². The number of Topliss-reactive ketones (excluding diaryl/α,β-unsaturated/α-hetero) is 1. The minimum Gasteiger partial charge on any atom is -0.445 e. The minimum absolute atomic E-state index is 0.00977. The normalized spacial score (nSPS) is 16.4. The van der Waals surface area contributed by atoms with Crippen LogP contribution in [-0.2, 0) is 45.1 Å². The highest BCUT2D eigenvalue weighted by Crippen LogP contribution is 2.31. The number of hydrogen-bond acceptors (Lipinski definition) is 11. The number of halogens is 3. The quantitative estimate of drug-likeness (QED) is 0.0834. The van der Waals surface area contributed by atoms with Gasteiger partial charge in [0.1, 0.15) is 24.7 Å². The van der Waals surface area contributed by atoms with E-state index in [4.69, 9.17) is 53.8 Å². The van der Waals surface area contributed by atoms with Crippen LogP contribution >= 0.6 is 34.8 Å². The molecule has 8 rings (SSSR count). The molecular formula is C46H45Cl3N4O9. The molecule has 0 aliphatic carbocycles. The number of amides is 2. The van der Waals surface area contributed by atoms with Crippen LogP contribution in [0.25, 0.3) is 5.03 Å². The van der Waals surface area contributed by atoms with Crippen molar-refractivity contribution in [1.82, 2.24) is 19.6 Å². The van der Waals surface area contributed by atoms with Gasteiger partial charge in [0.2, 0.25) is 0 Å². The number of carbonyl (C=O) groups excluding carboxylic acids is 5. The molecule has 0 bridgehead atoms. The fraction of sp³-hybridized carbons (Fsp3) is 0.326. The molecule has 4 aromatic carbocycles. The van der Waals surface area contributed by atoms with Crippen LogP contribution in [0.4, 0.5) is 9.59 Å². The van der Waals surface area contributed by atoms with Gasteiger partial charge in [-0.3, -0.25) is 24.2 Å². The van der Waals surface area contributed by atoms with Crippen molar-refractivity contribution < 1.29 is 42.9 Å². The summed E-state index contributed by atoms with van der Waals surface area (Å²) in [6.45, 7) is 6.87. The fourth-order valence-electron chi connectivity index (χ4n) is 7.17. The van der Waals surface area contributed by atoms with Gasteiger partial charge in [0.25, 0.3) is 0 Å². The molecule has 2 fully saturated rings. The molecule has 4 heterocycles. The lowest BCUT2D eigenvalue weighted by Crippen LogP contribution is -2.49. The number of piperazine rings is 2. The first-order valence-corrected chi connectivity index (χ1v) is 21.4. The third kappa shape index (κ3) is 12.4. The van der Waals surface area contributed by atoms with Crippen molar-refractivity contribution in [2.45, 2.75) is 32.5 Å². The first-order valence-electron chi connectivity index (χ1n) is 20.3. The molecule has 4 aliphatic rings. The molecule has 13 nitrogen and oxygen atoms in total. The SMILES string of the molecule is O=C1Cc2ccc(/C(Cl)=C/CN3CCN(C(=O)OCc4ccc(Cl)cc4)CC3)cc2O1.O=C1Cc2ccc(C(=O)CCN3CCN(C(=O)OCc4ccc(Cl)cc4)CC3)cc2O1. The third-order valence-electron chi connectivity index (χ3n) is 10.8. The van der Waals surface area contributed by atoms with Crippen molar-refractivity contribution in [3.8, 4) is 11.5 Å². The monoisotopic (exact) mass is 902 g/mol. The Morgan fingerprint density at radius 1 is 0.597 bits per heavy atom. The second kappa shape index (κ2) is 21.1. The van der Waals surface area contributed by atoms with Gasteiger partial charge in [0, 0.05) is 104 Å². The van der Waals surface area contributed by atoms with Gasteiger partial charge in [-0.05, 0) is 53.1 Å². The molecule has 2 amide bonds. The van der Waals surface area contributed by atoms with Crippen LogP contribution in [0.2, 0.25) is 10.0 Å². The summed E-state index contributed by atoms with van der Waals surface area (Å²) in [4.78, 5) is 67.6. The summed E-state index contributed by atoms with van der Waals surface area (Å²) in [5.41, 5.74) is 4.86. The van der Waals surface area contributed by atoms with Gasteiger partial charge in [-0.15, -0.1) is 0 Å². The molecule has 4 aliphatic heterocycles. The zero-order valence-electron chi connectivity index (χ0n) is 33.9. The lowest BCUT2D eigenvalue weighted by Gasteiger charge is -2.33. The topological polar surface area (TPSA) is 135 Å². The van der Waals surface area contributed by atoms with E-state index in [0.29, 0.717) is 97.3 Å². The van der Waals surface area contributed by atoms with Gasteiger partial charge >= 0.3 is 24.1 Å². The molecule has 0 aromatic heterocycles. The zero-order chi connectivity index (χ0) is 43.6. The van der Waals surface area contributed by atoms with Crippen molar-refractivity contribution in [3.05, 3.63) is 134 Å². The maximum absolute atomic E-state index is 12.5. The average molecular weight is 904 g/mol. The predicted molar refractivity (Wildman–Crippen MR) is 234 cm³/mol. The summed E-state index contributed by atoms with van der Waals surface area (Å²) in [6.07, 6.45) is 2.23. The smallest absolute Gasteiger partial charge is 0.410 e. The number of rotatable bonds is 11. The third-order valence-corrected chi connectivity index (χ3v) is 11.7. The highest BCUT2D eigenvalue weighted by atomic mass is 35.5. The van der Waals surface area contributed by atoms with Crippen molar-refractivity contribution in [1.29, 1.82) is 0 Å². The van der Waals surface area contributed by atoms with Crippen LogP contribution < -0.4 is 9.47 Å². The maximum atomic E-state index is 12.5. The highest BCUT2D eigenvalue weighted by Gasteiger charge is 2.26. The second-order valence-electron chi connectivity index (χ2n) is 15.2. The van der Waals surface area contributed by atoms with E-state index < -0.39 is 0 Å². The van der Waals surface area contributed by atoms with Gasteiger partial charge < -0.3 is 28.7 Å². The fourth-order valence-corrected chi connectivity index (χ4v) is 7.61. The first kappa shape index (κ1) is 44.6. The van der Waals surface area contributed by atoms with E-state index in [1.54, 1.807) is 58.3 Å². The lowest BCUT2D eigenvalue weighted by atomic mass is 10.0. The van der Waals surface area contributed by atoms with E-state index in [2.05, 4.69) is 9.80 Å². The summed E-state index contributed by atoms with van der Waals surface area (Å²) in [5.74, 6) is 0.554. The number of fused-ring (bicyclic) bond motifs is 2. The van der Waals surface area contributed by atoms with E-state index in [9.17, 15) is 24.0 Å². The van der Waals surface area contributed by atoms with Crippen molar-refractivity contribution in [2.24, 2.45) is 0 Å². The Morgan fingerprint density at radius 2 is 1.05 bits per heavy atom. The molecule has 0 spiro atoms. The van der Waals surface area contributed by atoms with Gasteiger partial charge in [0.15, 0.2) is 5.78 Å². The molecule has 0 unspecified atom stereocenters. The van der Waals surface area contributed by atoms with E-state index >= 15 is 0 Å². The number of hydrogen-bond donors (Lipinski definition) is 0. The minimum atomic E-state index is -0.335. The molecule has 324 valence electrons. The van der Waals surface area contributed by atoms with E-state index in [1.165, 1.54) is 0 Å². The standard InChI is InChI=1S/C23H22Cl2N2O4.C23H23ClN2O5/c24-19-5-1-16(2-6-19)15-30-23(29)27-11-9-26(10-12-27)8-7-20(25)17-3-4-18-14-22(28)31-21(18)13-17;24-19-5-1-16(2-6-19)15-30-23(29)26-11-9-25(10-12-26)8-7-20(27)17-3-4-18-14-22(28)31-21(18)13-17/h1-7,13H,8-12,14-15H2;1-6,13H,7-12,14-15H2/b20-7-;. The zero-order valence-corrected chi connectivity index (χ0v) is 36.1. The molecule has 0 radical (unpaired) electrons. The number of benzene rings is 4. The Hall–Kier alpha value is -5.44. The Morgan fingerprint density at radius 3 is 1.55 bits per heavy atom. The first-order chi connectivity index (χ1) is 29.9. The van der Waals surface area contributed by atoms with Gasteiger partial charge in [0.05, 0.1) is 12.8 Å². The molecule has 62 heavy (non-hydrogen) atoms. The molecule has 0 atom stereocenters. The number of ketones is 1. The second-order valence-corrected chi connectivity index (χ2v) is 16.4. The molecule has 0 saturated carbocycles. The summed E-state index contributed by atoms with van der Waals surface area (Å²) in [7, 11) is 0. The van der Waals surface area contributed by atoms with Crippen LogP contribution in [0.15, 0.2) is 91.0 Å². The van der Waals surface area contributed by atoms with Gasteiger partial charge in [-0.25, -0.2) is 9.59 Å². The molecule has 16 heteroatoms. The Labute approximate surface area is 374 Å². The maximum Gasteiger partial charge on any atom is 0.410 e. The Kier molecular flexibility index (Phi) is 15.2. The summed E-state index contributed by atoms with van der Waals surface area (Å²) < 4.78 is 21.1. The van der Waals surface area contributed by atoms with Gasteiger partial charge in [-0.1, -0.05) is 89.4 Å². The molecule has 0 N–H and O–H groups in total. The molecule has 4 aromatic rings. The molecule has 2 saturated heterocycles. The summed E-state index contributed by atoms with van der Waals surface area (Å²) >= 11 is 18.2. The van der Waals surface area contributed by atoms with Crippen LogP contribution in [0.3, 0.4) is 0 Å². The largest absolute Gasteiger partial charge is 0.445 e. The molecular weight excluding hydrogens is 859 g/mol. The average Bonchev–Trinajstić information content (AvgIpc) is 3.86. The van der Waals surface area contributed by atoms with Crippen molar-refractivity contribution in [3.63, 3.8) is 0 Å². The number of carbonyl (C=O) groups is 5. The van der Waals surface area contributed by atoms with Crippen LogP contribution in [-0.4, -0.2) is 115 Å². The van der Waals surface area contributed by atoms with Gasteiger partial charge in [-0.2, -0.15) is 0 Å². The van der Waals surface area contributed by atoms with Crippen LogP contribution in [0, 0.1) is 0 Å². The van der Waals surface area contributed by atoms with Crippen molar-refractivity contribution >= 4 is 69.7 Å². The number of esters is 2. The van der Waals surface area contributed by atoms with E-state index in [1.807, 2.05) is 42.5 Å². The van der Waals surface area contributed by atoms with Crippen LogP contribution in [0.5, 0.6) is 11.5 Å². The van der Waals surface area contributed by atoms with Crippen LogP contribution in [0.1, 0.15) is 44.6 Å². The summed E-state index contributed by atoms with van der Waals surface area (Å²) in [6, 6.07) is 25.2. The lowest BCUT2D eigenvalue weighted by molar-refractivity contribution is -0.132. The predicted octanol–water partition coefficient (Wildman–Crippen LogP) is 7.66. The Balaban J connectivity index is 0.000000186. The number of ether oxygens (including phenoxy) is 4. The number of nitrogens with zero attached hydrogens (tertiary/aromatic N) is 4.